The molecule has 7 heteroatoms. The number of hydrogen-bond acceptors (Lipinski definition) is 6. The van der Waals surface area contributed by atoms with Gasteiger partial charge in [-0.3, -0.25) is 9.78 Å². The van der Waals surface area contributed by atoms with E-state index in [-0.39, 0.29) is 17.9 Å². The molecule has 2 rings (SSSR count). The van der Waals surface area contributed by atoms with Gasteiger partial charge in [-0.2, -0.15) is 4.98 Å². The van der Waals surface area contributed by atoms with Crippen LogP contribution < -0.4 is 11.1 Å². The van der Waals surface area contributed by atoms with E-state index in [2.05, 4.69) is 34.3 Å². The van der Waals surface area contributed by atoms with Gasteiger partial charge in [-0.1, -0.05) is 25.1 Å². The first-order valence-electron chi connectivity index (χ1n) is 8.17. The Morgan fingerprint density at radius 2 is 2.21 bits per heavy atom. The molecular weight excluding hydrogens is 306 g/mol. The molecule has 0 aliphatic carbocycles. The lowest BCUT2D eigenvalue weighted by molar-refractivity contribution is -0.123. The van der Waals surface area contributed by atoms with Crippen LogP contribution in [0.5, 0.6) is 0 Å². The smallest absolute Gasteiger partial charge is 0.227 e. The molecule has 1 unspecified atom stereocenters. The molecule has 2 aromatic heterocycles. The minimum absolute atomic E-state index is 0.0683. The SMILES string of the molecule is CC(C)CC(C)(CN)NC(=O)CCc1nc(-c2ccccn2)no1. The van der Waals surface area contributed by atoms with Gasteiger partial charge >= 0.3 is 0 Å². The lowest BCUT2D eigenvalue weighted by atomic mass is 9.90. The minimum atomic E-state index is -0.390. The van der Waals surface area contributed by atoms with E-state index in [1.807, 2.05) is 19.1 Å². The first-order chi connectivity index (χ1) is 11.4. The summed E-state index contributed by atoms with van der Waals surface area (Å²) in [6.45, 7) is 6.59. The van der Waals surface area contributed by atoms with E-state index >= 15 is 0 Å². The maximum atomic E-state index is 12.2. The summed E-state index contributed by atoms with van der Waals surface area (Å²) in [6, 6.07) is 5.48. The van der Waals surface area contributed by atoms with E-state index in [0.717, 1.165) is 6.42 Å². The fraction of sp³-hybridized carbons (Fsp3) is 0.529. The molecule has 0 bridgehead atoms. The third kappa shape index (κ3) is 5.13. The van der Waals surface area contributed by atoms with Crippen LogP contribution in [0.15, 0.2) is 28.9 Å². The zero-order valence-corrected chi connectivity index (χ0v) is 14.5. The van der Waals surface area contributed by atoms with Gasteiger partial charge in [0.05, 0.1) is 0 Å². The standard InChI is InChI=1S/C17H25N5O2/c1-12(2)10-17(3,11-18)21-14(23)7-8-15-20-16(22-24-15)13-6-4-5-9-19-13/h4-6,9,12H,7-8,10-11,18H2,1-3H3,(H,21,23). The van der Waals surface area contributed by atoms with Gasteiger partial charge < -0.3 is 15.6 Å². The molecule has 1 amide bonds. The van der Waals surface area contributed by atoms with Crippen molar-refractivity contribution in [2.45, 2.75) is 45.6 Å². The quantitative estimate of drug-likeness (QED) is 0.765. The molecule has 7 nitrogen and oxygen atoms in total. The molecule has 3 N–H and O–H groups in total. The molecule has 2 heterocycles. The fourth-order valence-electron chi connectivity index (χ4n) is 2.66. The Morgan fingerprint density at radius 1 is 1.42 bits per heavy atom. The Labute approximate surface area is 142 Å². The summed E-state index contributed by atoms with van der Waals surface area (Å²) in [7, 11) is 0. The van der Waals surface area contributed by atoms with Gasteiger partial charge in [-0.15, -0.1) is 0 Å². The van der Waals surface area contributed by atoms with E-state index in [1.165, 1.54) is 0 Å². The number of nitrogens with two attached hydrogens (primary N) is 1. The predicted molar refractivity (Wildman–Crippen MR) is 90.9 cm³/mol. The van der Waals surface area contributed by atoms with Crippen LogP contribution in [0.4, 0.5) is 0 Å². The van der Waals surface area contributed by atoms with Crippen molar-refractivity contribution in [3.63, 3.8) is 0 Å². The number of carbonyl (C=O) groups excluding carboxylic acids is 1. The molecule has 0 saturated carbocycles. The molecule has 0 aliphatic rings. The molecule has 0 aliphatic heterocycles. The number of rotatable bonds is 8. The molecule has 0 spiro atoms. The summed E-state index contributed by atoms with van der Waals surface area (Å²) >= 11 is 0. The van der Waals surface area contributed by atoms with Gasteiger partial charge in [0.1, 0.15) is 5.69 Å². The highest BCUT2D eigenvalue weighted by atomic mass is 16.5. The number of amides is 1. The first kappa shape index (κ1) is 18.1. The Balaban J connectivity index is 1.89. The fourth-order valence-corrected chi connectivity index (χ4v) is 2.66. The summed E-state index contributed by atoms with van der Waals surface area (Å²) in [5.74, 6) is 1.23. The van der Waals surface area contributed by atoms with Gasteiger partial charge in [-0.05, 0) is 31.4 Å². The average Bonchev–Trinajstić information content (AvgIpc) is 3.02. The normalized spacial score (nSPS) is 13.7. The van der Waals surface area contributed by atoms with E-state index in [0.29, 0.717) is 36.3 Å². The van der Waals surface area contributed by atoms with Crippen LogP contribution in [-0.2, 0) is 11.2 Å². The summed E-state index contributed by atoms with van der Waals surface area (Å²) in [6.07, 6.45) is 3.16. The minimum Gasteiger partial charge on any atom is -0.350 e. The summed E-state index contributed by atoms with van der Waals surface area (Å²) in [5, 5.41) is 6.91. The zero-order valence-electron chi connectivity index (χ0n) is 14.5. The monoisotopic (exact) mass is 331 g/mol. The molecule has 0 fully saturated rings. The molecule has 0 aromatic carbocycles. The van der Waals surface area contributed by atoms with Crippen molar-refractivity contribution in [2.24, 2.45) is 11.7 Å². The number of carbonyl (C=O) groups is 1. The van der Waals surface area contributed by atoms with Crippen molar-refractivity contribution in [3.05, 3.63) is 30.3 Å². The molecule has 24 heavy (non-hydrogen) atoms. The van der Waals surface area contributed by atoms with Crippen molar-refractivity contribution in [1.29, 1.82) is 0 Å². The Kier molecular flexibility index (Phi) is 6.03. The first-order valence-corrected chi connectivity index (χ1v) is 8.17. The van der Waals surface area contributed by atoms with E-state index in [1.54, 1.807) is 12.3 Å². The lowest BCUT2D eigenvalue weighted by Gasteiger charge is -2.31. The maximum Gasteiger partial charge on any atom is 0.227 e. The number of aryl methyl sites for hydroxylation is 1. The molecule has 0 radical (unpaired) electrons. The third-order valence-corrected chi connectivity index (χ3v) is 3.68. The number of pyridine rings is 1. The second-order valence-electron chi connectivity index (χ2n) is 6.64. The van der Waals surface area contributed by atoms with Crippen molar-refractivity contribution >= 4 is 5.91 Å². The average molecular weight is 331 g/mol. The van der Waals surface area contributed by atoms with Crippen molar-refractivity contribution < 1.29 is 9.32 Å². The molecule has 1 atom stereocenters. The topological polar surface area (TPSA) is 107 Å². The van der Waals surface area contributed by atoms with Crippen LogP contribution in [0.3, 0.4) is 0 Å². The summed E-state index contributed by atoms with van der Waals surface area (Å²) in [4.78, 5) is 20.6. The van der Waals surface area contributed by atoms with Crippen LogP contribution in [-0.4, -0.2) is 33.1 Å². The lowest BCUT2D eigenvalue weighted by Crippen LogP contribution is -2.52. The second-order valence-corrected chi connectivity index (χ2v) is 6.64. The Morgan fingerprint density at radius 3 is 2.83 bits per heavy atom. The molecule has 0 saturated heterocycles. The molecule has 130 valence electrons. The number of nitrogens with zero attached hydrogens (tertiary/aromatic N) is 3. The third-order valence-electron chi connectivity index (χ3n) is 3.68. The predicted octanol–water partition coefficient (Wildman–Crippen LogP) is 1.94. The highest BCUT2D eigenvalue weighted by molar-refractivity contribution is 5.77. The Hall–Kier alpha value is -2.28. The highest BCUT2D eigenvalue weighted by Gasteiger charge is 2.25. The van der Waals surface area contributed by atoms with Gasteiger partial charge in [-0.25, -0.2) is 0 Å². The van der Waals surface area contributed by atoms with Crippen molar-refractivity contribution in [3.8, 4) is 11.5 Å². The highest BCUT2D eigenvalue weighted by Crippen LogP contribution is 2.16. The summed E-state index contributed by atoms with van der Waals surface area (Å²) in [5.41, 5.74) is 6.07. The van der Waals surface area contributed by atoms with Crippen molar-refractivity contribution in [1.82, 2.24) is 20.4 Å². The van der Waals surface area contributed by atoms with Gasteiger partial charge in [0, 0.05) is 31.1 Å². The van der Waals surface area contributed by atoms with E-state index in [4.69, 9.17) is 10.3 Å². The second kappa shape index (κ2) is 8.01. The number of aromatic nitrogens is 3. The van der Waals surface area contributed by atoms with Crippen LogP contribution in [0.2, 0.25) is 0 Å². The maximum absolute atomic E-state index is 12.2. The zero-order chi connectivity index (χ0) is 17.6. The van der Waals surface area contributed by atoms with Gasteiger partial charge in [0.25, 0.3) is 0 Å². The van der Waals surface area contributed by atoms with Crippen LogP contribution >= 0.6 is 0 Å². The number of hydrogen-bond donors (Lipinski definition) is 2. The largest absolute Gasteiger partial charge is 0.350 e. The van der Waals surface area contributed by atoms with Gasteiger partial charge in [0.2, 0.25) is 17.6 Å². The van der Waals surface area contributed by atoms with E-state index < -0.39 is 0 Å². The molecule has 2 aromatic rings. The van der Waals surface area contributed by atoms with Crippen LogP contribution in [0, 0.1) is 5.92 Å². The van der Waals surface area contributed by atoms with Gasteiger partial charge in [0.15, 0.2) is 0 Å². The van der Waals surface area contributed by atoms with Crippen LogP contribution in [0.25, 0.3) is 11.5 Å². The molecular formula is C17H25N5O2. The van der Waals surface area contributed by atoms with E-state index in [9.17, 15) is 4.79 Å². The van der Waals surface area contributed by atoms with Crippen molar-refractivity contribution in [2.75, 3.05) is 6.54 Å². The summed E-state index contributed by atoms with van der Waals surface area (Å²) < 4.78 is 5.18. The van der Waals surface area contributed by atoms with Crippen LogP contribution in [0.1, 0.15) is 39.5 Å². The number of nitrogens with one attached hydrogen (secondary N) is 1. The Bertz CT molecular complexity index is 656.